The molecule has 0 fully saturated rings. The summed E-state index contributed by atoms with van der Waals surface area (Å²) in [5.74, 6) is 1.08. The van der Waals surface area contributed by atoms with E-state index in [1.54, 1.807) is 37.4 Å². The number of esters is 1. The van der Waals surface area contributed by atoms with Gasteiger partial charge in [0.05, 0.1) is 12.8 Å². The molecule has 0 radical (unpaired) electrons. The first kappa shape index (κ1) is 22.4. The lowest BCUT2D eigenvalue weighted by atomic mass is 9.93. The molecule has 0 unspecified atom stereocenters. The van der Waals surface area contributed by atoms with Crippen LogP contribution < -0.4 is 14.9 Å². The largest absolute Gasteiger partial charge is 0.497 e. The quantitative estimate of drug-likeness (QED) is 0.239. The van der Waals surface area contributed by atoms with Crippen molar-refractivity contribution in [2.24, 2.45) is 5.10 Å². The van der Waals surface area contributed by atoms with Crippen LogP contribution in [0.15, 0.2) is 76.2 Å². The van der Waals surface area contributed by atoms with Gasteiger partial charge in [0.15, 0.2) is 0 Å². The summed E-state index contributed by atoms with van der Waals surface area (Å²) in [7, 11) is 1.57. The molecule has 35 heavy (non-hydrogen) atoms. The van der Waals surface area contributed by atoms with Crippen molar-refractivity contribution in [1.82, 2.24) is 5.43 Å². The first-order valence-corrected chi connectivity index (χ1v) is 11.4. The first-order valence-electron chi connectivity index (χ1n) is 11.4. The second-order valence-corrected chi connectivity index (χ2v) is 8.30. The van der Waals surface area contributed by atoms with Crippen molar-refractivity contribution < 1.29 is 23.5 Å². The number of fused-ring (bicyclic) bond motifs is 2. The van der Waals surface area contributed by atoms with Crippen molar-refractivity contribution >= 4 is 28.4 Å². The normalized spacial score (nSPS) is 13.9. The fourth-order valence-electron chi connectivity index (χ4n) is 4.33. The zero-order chi connectivity index (χ0) is 24.4. The summed E-state index contributed by atoms with van der Waals surface area (Å²) in [5, 5.41) is 6.21. The van der Waals surface area contributed by atoms with Gasteiger partial charge < -0.3 is 13.9 Å². The van der Waals surface area contributed by atoms with Gasteiger partial charge in [0.2, 0.25) is 5.76 Å². The van der Waals surface area contributed by atoms with Crippen molar-refractivity contribution in [2.75, 3.05) is 7.11 Å². The third kappa shape index (κ3) is 4.40. The Bertz CT molecular complexity index is 1440. The summed E-state index contributed by atoms with van der Waals surface area (Å²) in [5.41, 5.74) is 5.18. The Morgan fingerprint density at radius 2 is 1.74 bits per heavy atom. The van der Waals surface area contributed by atoms with Crippen LogP contribution in [0.1, 0.15) is 50.6 Å². The predicted molar refractivity (Wildman–Crippen MR) is 132 cm³/mol. The average molecular weight is 469 g/mol. The van der Waals surface area contributed by atoms with E-state index in [4.69, 9.17) is 13.9 Å². The van der Waals surface area contributed by atoms with Crippen molar-refractivity contribution in [3.8, 4) is 11.5 Å². The summed E-state index contributed by atoms with van der Waals surface area (Å²) in [6.45, 7) is 1.81. The molecular formula is C28H24N2O5. The van der Waals surface area contributed by atoms with E-state index in [9.17, 15) is 9.59 Å². The standard InChI is InChI=1S/C28H24N2O5/c1-17-25-22(29-30-27(31)19-13-15-20(33-2)16-14-19)10-6-12-24(25)34-26(17)28(32)35-23-11-5-8-18-7-3-4-9-21(18)23/h3-5,7-9,11,13-16H,6,10,12H2,1-2H3,(H,30,31)/b29-22+. The molecule has 1 heterocycles. The van der Waals surface area contributed by atoms with Gasteiger partial charge in [0.1, 0.15) is 17.3 Å². The minimum absolute atomic E-state index is 0.152. The van der Waals surface area contributed by atoms with E-state index in [2.05, 4.69) is 10.5 Å². The Morgan fingerprint density at radius 1 is 0.971 bits per heavy atom. The van der Waals surface area contributed by atoms with E-state index in [1.807, 2.05) is 43.3 Å². The second kappa shape index (κ2) is 9.46. The van der Waals surface area contributed by atoms with Crippen LogP contribution in [-0.2, 0) is 6.42 Å². The lowest BCUT2D eigenvalue weighted by Crippen LogP contribution is -2.22. The third-order valence-corrected chi connectivity index (χ3v) is 6.11. The lowest BCUT2D eigenvalue weighted by Gasteiger charge is -2.13. The summed E-state index contributed by atoms with van der Waals surface area (Å²) < 4.78 is 16.8. The molecule has 0 saturated carbocycles. The molecule has 1 aliphatic rings. The van der Waals surface area contributed by atoms with Gasteiger partial charge in [-0.25, -0.2) is 10.2 Å². The lowest BCUT2D eigenvalue weighted by molar-refractivity contribution is 0.0700. The first-order chi connectivity index (χ1) is 17.0. The number of ether oxygens (including phenoxy) is 2. The number of hydrogen-bond donors (Lipinski definition) is 1. The van der Waals surface area contributed by atoms with Gasteiger partial charge in [0.25, 0.3) is 5.91 Å². The fourth-order valence-corrected chi connectivity index (χ4v) is 4.33. The van der Waals surface area contributed by atoms with Crippen LogP contribution in [0.25, 0.3) is 10.8 Å². The van der Waals surface area contributed by atoms with Crippen LogP contribution in [-0.4, -0.2) is 24.7 Å². The van der Waals surface area contributed by atoms with Crippen LogP contribution in [0.2, 0.25) is 0 Å². The number of rotatable bonds is 5. The highest BCUT2D eigenvalue weighted by molar-refractivity contribution is 6.07. The number of nitrogens with one attached hydrogen (secondary N) is 1. The Kier molecular flexibility index (Phi) is 6.06. The number of hydrogen-bond acceptors (Lipinski definition) is 6. The summed E-state index contributed by atoms with van der Waals surface area (Å²) in [6.07, 6.45) is 2.15. The smallest absolute Gasteiger partial charge is 0.379 e. The van der Waals surface area contributed by atoms with E-state index < -0.39 is 5.97 Å². The van der Waals surface area contributed by atoms with Gasteiger partial charge in [-0.3, -0.25) is 4.79 Å². The molecule has 0 atom stereocenters. The average Bonchev–Trinajstić information content (AvgIpc) is 3.24. The van der Waals surface area contributed by atoms with Gasteiger partial charge >= 0.3 is 5.97 Å². The Morgan fingerprint density at radius 3 is 2.54 bits per heavy atom. The predicted octanol–water partition coefficient (Wildman–Crippen LogP) is 5.44. The van der Waals surface area contributed by atoms with Gasteiger partial charge in [-0.15, -0.1) is 0 Å². The van der Waals surface area contributed by atoms with Gasteiger partial charge in [-0.05, 0) is 55.5 Å². The molecule has 0 spiro atoms. The zero-order valence-electron chi connectivity index (χ0n) is 19.5. The number of aryl methyl sites for hydroxylation is 1. The summed E-state index contributed by atoms with van der Waals surface area (Å²) in [4.78, 5) is 25.6. The molecule has 0 bridgehead atoms. The van der Waals surface area contributed by atoms with Crippen LogP contribution in [0.3, 0.4) is 0 Å². The molecule has 7 heteroatoms. The Balaban J connectivity index is 1.38. The molecule has 0 saturated heterocycles. The van der Waals surface area contributed by atoms with Crippen LogP contribution in [0.5, 0.6) is 11.5 Å². The SMILES string of the molecule is COc1ccc(C(=O)N/N=C2\CCCc3oc(C(=O)Oc4cccc5ccccc45)c(C)c32)cc1. The number of benzene rings is 3. The fraction of sp³-hybridized carbons (Fsp3) is 0.179. The van der Waals surface area contributed by atoms with Gasteiger partial charge in [-0.1, -0.05) is 36.4 Å². The topological polar surface area (TPSA) is 90.1 Å². The highest BCUT2D eigenvalue weighted by Gasteiger charge is 2.29. The van der Waals surface area contributed by atoms with E-state index >= 15 is 0 Å². The maximum atomic E-state index is 13.1. The van der Waals surface area contributed by atoms with Crippen LogP contribution in [0, 0.1) is 6.92 Å². The molecule has 176 valence electrons. The van der Waals surface area contributed by atoms with Crippen molar-refractivity contribution in [2.45, 2.75) is 26.2 Å². The molecule has 0 aliphatic heterocycles. The minimum atomic E-state index is -0.560. The number of nitrogens with zero attached hydrogens (tertiary/aromatic N) is 1. The molecule has 1 N–H and O–H groups in total. The minimum Gasteiger partial charge on any atom is -0.497 e. The highest BCUT2D eigenvalue weighted by atomic mass is 16.5. The Hall–Kier alpha value is -4.39. The van der Waals surface area contributed by atoms with Crippen LogP contribution in [0.4, 0.5) is 0 Å². The maximum absolute atomic E-state index is 13.1. The van der Waals surface area contributed by atoms with Crippen LogP contribution >= 0.6 is 0 Å². The van der Waals surface area contributed by atoms with E-state index in [0.29, 0.717) is 46.9 Å². The van der Waals surface area contributed by atoms with E-state index in [-0.39, 0.29) is 11.7 Å². The molecule has 1 amide bonds. The second-order valence-electron chi connectivity index (χ2n) is 8.30. The molecule has 1 aromatic heterocycles. The number of furan rings is 1. The van der Waals surface area contributed by atoms with Gasteiger partial charge in [0, 0.05) is 28.5 Å². The molecular weight excluding hydrogens is 444 g/mol. The number of amides is 1. The van der Waals surface area contributed by atoms with Gasteiger partial charge in [-0.2, -0.15) is 5.10 Å². The number of carbonyl (C=O) groups is 2. The number of carbonyl (C=O) groups excluding carboxylic acids is 2. The molecule has 5 rings (SSSR count). The monoisotopic (exact) mass is 468 g/mol. The molecule has 3 aromatic carbocycles. The number of methoxy groups -OCH3 is 1. The maximum Gasteiger partial charge on any atom is 0.379 e. The summed E-state index contributed by atoms with van der Waals surface area (Å²) in [6, 6.07) is 20.1. The third-order valence-electron chi connectivity index (χ3n) is 6.11. The number of hydrazone groups is 1. The van der Waals surface area contributed by atoms with Crippen molar-refractivity contribution in [1.29, 1.82) is 0 Å². The summed E-state index contributed by atoms with van der Waals surface area (Å²) >= 11 is 0. The van der Waals surface area contributed by atoms with E-state index in [0.717, 1.165) is 22.8 Å². The highest BCUT2D eigenvalue weighted by Crippen LogP contribution is 2.32. The zero-order valence-corrected chi connectivity index (χ0v) is 19.5. The molecule has 7 nitrogen and oxygen atoms in total. The van der Waals surface area contributed by atoms with Crippen molar-refractivity contribution in [3.63, 3.8) is 0 Å². The molecule has 1 aliphatic carbocycles. The van der Waals surface area contributed by atoms with E-state index in [1.165, 1.54) is 0 Å². The van der Waals surface area contributed by atoms with Crippen molar-refractivity contribution in [3.05, 3.63) is 94.9 Å². The molecule has 4 aromatic rings. The Labute approximate surface area is 202 Å².